The van der Waals surface area contributed by atoms with Crippen molar-refractivity contribution >= 4 is 25.2 Å². The summed E-state index contributed by atoms with van der Waals surface area (Å²) in [5, 5.41) is 5.56. The van der Waals surface area contributed by atoms with Crippen LogP contribution in [-0.2, 0) is 4.57 Å². The number of rotatable bonds is 9. The number of urea groups is 1. The lowest BCUT2D eigenvalue weighted by Gasteiger charge is -2.28. The first-order valence-corrected chi connectivity index (χ1v) is 10.2. The lowest BCUT2D eigenvalue weighted by Crippen LogP contribution is -2.43. The average Bonchev–Trinajstić information content (AvgIpc) is 2.68. The number of nitrogens with zero attached hydrogens (tertiary/aromatic N) is 2. The monoisotopic (exact) mass is 411 g/mol. The van der Waals surface area contributed by atoms with Crippen LogP contribution in [0.25, 0.3) is 0 Å². The molecule has 2 rings (SSSR count). The minimum atomic E-state index is -4.07. The Morgan fingerprint density at radius 3 is 2.00 bits per heavy atom. The Hall–Kier alpha value is -2.57. The molecule has 8 nitrogen and oxygen atoms in total. The van der Waals surface area contributed by atoms with Crippen LogP contribution in [-0.4, -0.2) is 29.2 Å². The van der Waals surface area contributed by atoms with E-state index in [1.54, 1.807) is 60.7 Å². The normalized spacial score (nSPS) is 11.9. The van der Waals surface area contributed by atoms with Crippen LogP contribution in [0, 0.1) is 4.91 Å². The molecular formula is C17H19ClN3O5P. The van der Waals surface area contributed by atoms with Crippen LogP contribution in [0.4, 0.5) is 4.79 Å². The molecule has 0 aliphatic heterocycles. The van der Waals surface area contributed by atoms with Gasteiger partial charge in [-0.2, -0.15) is 5.01 Å². The highest BCUT2D eigenvalue weighted by Crippen LogP contribution is 2.53. The van der Waals surface area contributed by atoms with Gasteiger partial charge in [0.05, 0.1) is 5.29 Å². The highest BCUT2D eigenvalue weighted by molar-refractivity contribution is 7.55. The van der Waals surface area contributed by atoms with Crippen LogP contribution in [0.2, 0.25) is 0 Å². The first-order valence-electron chi connectivity index (χ1n) is 8.05. The molecular weight excluding hydrogens is 393 g/mol. The number of para-hydroxylation sites is 2. The van der Waals surface area contributed by atoms with Crippen LogP contribution >= 0.6 is 19.2 Å². The van der Waals surface area contributed by atoms with Crippen molar-refractivity contribution in [2.75, 3.05) is 12.4 Å². The first-order chi connectivity index (χ1) is 13.0. The second-order valence-electron chi connectivity index (χ2n) is 5.33. The summed E-state index contributed by atoms with van der Waals surface area (Å²) in [7, 11) is -4.07. The van der Waals surface area contributed by atoms with Crippen LogP contribution in [0.5, 0.6) is 11.5 Å². The van der Waals surface area contributed by atoms with E-state index in [9.17, 15) is 14.3 Å². The fourth-order valence-corrected chi connectivity index (χ4v) is 3.75. The molecule has 2 amide bonds. The third-order valence-electron chi connectivity index (χ3n) is 3.43. The summed E-state index contributed by atoms with van der Waals surface area (Å²) in [5.74, 6) is -0.636. The topological polar surface area (TPSA) is 97.3 Å². The summed E-state index contributed by atoms with van der Waals surface area (Å²) in [6.45, 7) is 1.47. The Labute approximate surface area is 161 Å². The highest BCUT2D eigenvalue weighted by atomic mass is 35.5. The Bertz CT molecular complexity index is 748. The maximum atomic E-state index is 13.5. The van der Waals surface area contributed by atoms with E-state index in [1.807, 2.05) is 0 Å². The van der Waals surface area contributed by atoms with Crippen molar-refractivity contribution in [3.8, 4) is 11.5 Å². The summed E-state index contributed by atoms with van der Waals surface area (Å²) < 4.78 is 24.7. The van der Waals surface area contributed by atoms with E-state index >= 15 is 0 Å². The average molecular weight is 412 g/mol. The second kappa shape index (κ2) is 9.94. The largest absolute Gasteiger partial charge is 0.455 e. The second-order valence-corrected chi connectivity index (χ2v) is 7.90. The number of benzene rings is 2. The lowest BCUT2D eigenvalue weighted by molar-refractivity contribution is 0.189. The van der Waals surface area contributed by atoms with Crippen molar-refractivity contribution in [3.63, 3.8) is 0 Å². The van der Waals surface area contributed by atoms with Crippen LogP contribution in [0.3, 0.4) is 0 Å². The fraction of sp³-hybridized carbons (Fsp3) is 0.235. The maximum absolute atomic E-state index is 13.5. The fourth-order valence-electron chi connectivity index (χ4n) is 2.07. The number of hydrogen-bond acceptors (Lipinski definition) is 6. The van der Waals surface area contributed by atoms with E-state index in [2.05, 4.69) is 10.6 Å². The quantitative estimate of drug-likeness (QED) is 0.281. The number of halogens is 1. The van der Waals surface area contributed by atoms with Gasteiger partial charge in [0.2, 0.25) is 0 Å². The number of carbonyl (C=O) groups is 1. The van der Waals surface area contributed by atoms with Crippen LogP contribution < -0.4 is 14.4 Å². The lowest BCUT2D eigenvalue weighted by atomic mass is 10.3. The zero-order valence-corrected chi connectivity index (χ0v) is 16.2. The zero-order valence-electron chi connectivity index (χ0n) is 14.5. The van der Waals surface area contributed by atoms with E-state index in [0.717, 1.165) is 0 Å². The van der Waals surface area contributed by atoms with Crippen LogP contribution in [0.15, 0.2) is 65.9 Å². The van der Waals surface area contributed by atoms with Gasteiger partial charge in [0.15, 0.2) is 5.78 Å². The van der Waals surface area contributed by atoms with Gasteiger partial charge in [-0.15, -0.1) is 16.5 Å². The molecule has 144 valence electrons. The molecule has 0 heterocycles. The number of hydrogen-bond donors (Lipinski definition) is 1. The van der Waals surface area contributed by atoms with Crippen LogP contribution in [0.1, 0.15) is 6.92 Å². The van der Waals surface area contributed by atoms with Crippen molar-refractivity contribution in [1.82, 2.24) is 10.3 Å². The molecule has 1 N–H and O–H groups in total. The standard InChI is InChI=1S/C17H19ClN3O5P/c1-14(21(20-23)17(22)19-13-12-18)27(24,25-15-8-4-2-5-9-15)26-16-10-6-3-7-11-16/h2-11,14H,12-13H2,1H3,(H,19,22). The van der Waals surface area contributed by atoms with E-state index < -0.39 is 19.4 Å². The number of nitroso groups, excluding NO2 is 1. The van der Waals surface area contributed by atoms with Gasteiger partial charge in [-0.25, -0.2) is 9.36 Å². The number of amides is 2. The Morgan fingerprint density at radius 1 is 1.11 bits per heavy atom. The smallest absolute Gasteiger partial charge is 0.415 e. The van der Waals surface area contributed by atoms with Gasteiger partial charge in [-0.05, 0) is 31.2 Å². The molecule has 0 spiro atoms. The molecule has 0 fully saturated rings. The SMILES string of the molecule is CC(N(N=O)C(=O)NCCCl)P(=O)(Oc1ccccc1)Oc1ccccc1. The molecule has 0 saturated heterocycles. The Morgan fingerprint density at radius 2 is 1.59 bits per heavy atom. The molecule has 0 bridgehead atoms. The summed E-state index contributed by atoms with van der Waals surface area (Å²) in [6, 6.07) is 15.8. The van der Waals surface area contributed by atoms with Crippen molar-refractivity contribution in [1.29, 1.82) is 0 Å². The Balaban J connectivity index is 2.33. The summed E-state index contributed by atoms with van der Waals surface area (Å²) in [5.41, 5.74) is 0. The van der Waals surface area contributed by atoms with Gasteiger partial charge in [0.1, 0.15) is 11.5 Å². The van der Waals surface area contributed by atoms with Crippen molar-refractivity contribution in [3.05, 3.63) is 65.6 Å². The number of carbonyl (C=O) groups excluding carboxylic acids is 1. The van der Waals surface area contributed by atoms with Gasteiger partial charge >= 0.3 is 13.6 Å². The zero-order chi connectivity index (χ0) is 19.7. The molecule has 2 aromatic carbocycles. The number of alkyl halides is 1. The van der Waals surface area contributed by atoms with E-state index in [0.29, 0.717) is 5.01 Å². The van der Waals surface area contributed by atoms with Gasteiger partial charge in [0, 0.05) is 12.4 Å². The van der Waals surface area contributed by atoms with Crippen molar-refractivity contribution in [2.24, 2.45) is 5.29 Å². The first kappa shape index (κ1) is 20.7. The summed E-state index contributed by atoms with van der Waals surface area (Å²) >= 11 is 5.53. The Kier molecular flexibility index (Phi) is 7.64. The molecule has 10 heteroatoms. The third kappa shape index (κ3) is 5.70. The van der Waals surface area contributed by atoms with Gasteiger partial charge in [0.25, 0.3) is 0 Å². The highest BCUT2D eigenvalue weighted by Gasteiger charge is 2.43. The molecule has 0 saturated carbocycles. The predicted molar refractivity (Wildman–Crippen MR) is 103 cm³/mol. The minimum Gasteiger partial charge on any atom is -0.415 e. The van der Waals surface area contributed by atoms with E-state index in [1.165, 1.54) is 6.92 Å². The molecule has 1 unspecified atom stereocenters. The molecule has 0 aromatic heterocycles. The van der Waals surface area contributed by atoms with Crippen molar-refractivity contribution in [2.45, 2.75) is 12.7 Å². The summed E-state index contributed by atoms with van der Waals surface area (Å²) in [4.78, 5) is 23.4. The van der Waals surface area contributed by atoms with Crippen molar-refractivity contribution < 1.29 is 18.4 Å². The third-order valence-corrected chi connectivity index (χ3v) is 5.68. The molecule has 0 aliphatic rings. The molecule has 27 heavy (non-hydrogen) atoms. The summed E-state index contributed by atoms with van der Waals surface area (Å²) in [6.07, 6.45) is 0. The molecule has 1 atom stereocenters. The minimum absolute atomic E-state index is 0.114. The van der Waals surface area contributed by atoms with Gasteiger partial charge < -0.3 is 14.4 Å². The van der Waals surface area contributed by atoms with E-state index in [-0.39, 0.29) is 23.9 Å². The van der Waals surface area contributed by atoms with E-state index in [4.69, 9.17) is 20.6 Å². The number of nitrogens with one attached hydrogen (secondary N) is 1. The predicted octanol–water partition coefficient (Wildman–Crippen LogP) is 4.62. The molecule has 0 radical (unpaired) electrons. The maximum Gasteiger partial charge on any atom is 0.455 e. The van der Waals surface area contributed by atoms with Gasteiger partial charge in [-0.3, -0.25) is 0 Å². The van der Waals surface area contributed by atoms with Gasteiger partial charge in [-0.1, -0.05) is 36.4 Å². The molecule has 0 aliphatic carbocycles. The molecule has 2 aromatic rings.